The third kappa shape index (κ3) is 2.00. The maximum Gasteiger partial charge on any atom is 0.136 e. The van der Waals surface area contributed by atoms with Crippen molar-refractivity contribution in [2.45, 2.75) is 11.8 Å². The predicted octanol–water partition coefficient (Wildman–Crippen LogP) is 1.07. The summed E-state index contributed by atoms with van der Waals surface area (Å²) in [5.41, 5.74) is 0.866. The lowest BCUT2D eigenvalue weighted by Crippen LogP contribution is -2.05. The number of hydrogen-bond donors (Lipinski definition) is 0. The van der Waals surface area contributed by atoms with Crippen molar-refractivity contribution in [1.82, 2.24) is 0 Å². The normalized spacial score (nSPS) is 10.3. The summed E-state index contributed by atoms with van der Waals surface area (Å²) in [4.78, 5) is 0.168. The van der Waals surface area contributed by atoms with Gasteiger partial charge in [0, 0.05) is 0 Å². The van der Waals surface area contributed by atoms with Gasteiger partial charge in [0.1, 0.15) is 11.6 Å². The summed E-state index contributed by atoms with van der Waals surface area (Å²) in [5.74, 6) is -0.0950. The van der Waals surface area contributed by atoms with Gasteiger partial charge in [0.25, 0.3) is 0 Å². The van der Waals surface area contributed by atoms with E-state index in [0.29, 0.717) is 5.75 Å². The van der Waals surface area contributed by atoms with Gasteiger partial charge >= 0.3 is 0 Å². The summed E-state index contributed by atoms with van der Waals surface area (Å²) in [7, 11) is -0.108. The molecule has 0 atom stereocenters. The van der Waals surface area contributed by atoms with Crippen molar-refractivity contribution in [3.8, 4) is 0 Å². The van der Waals surface area contributed by atoms with Crippen LogP contribution in [0.1, 0.15) is 6.92 Å². The highest BCUT2D eigenvalue weighted by molar-refractivity contribution is 7.99. The minimum Gasteiger partial charge on any atom is -0.215 e. The molecule has 1 rings (SSSR count). The van der Waals surface area contributed by atoms with Crippen molar-refractivity contribution in [2.24, 2.45) is 0 Å². The fraction of sp³-hybridized carbons (Fsp3) is 0.250. The quantitative estimate of drug-likeness (QED) is 0.492. The van der Waals surface area contributed by atoms with Gasteiger partial charge in [0.15, 0.2) is 0 Å². The van der Waals surface area contributed by atoms with E-state index >= 15 is 0 Å². The standard InChI is InChI=1S/C8H10BF2S/c1-2-12-8-6(10)3-5(9)4-7(8)11/h3-4H,2H2,1,9H3/q-1. The van der Waals surface area contributed by atoms with Crippen LogP contribution in [0, 0.1) is 11.6 Å². The first-order chi connectivity index (χ1) is 5.65. The second kappa shape index (κ2) is 3.94. The maximum absolute atomic E-state index is 13.1. The van der Waals surface area contributed by atoms with Crippen molar-refractivity contribution in [1.29, 1.82) is 0 Å². The largest absolute Gasteiger partial charge is 0.215 e. The van der Waals surface area contributed by atoms with Gasteiger partial charge in [-0.2, -0.15) is 0 Å². The van der Waals surface area contributed by atoms with E-state index in [1.165, 1.54) is 23.9 Å². The molecule has 0 saturated carbocycles. The van der Waals surface area contributed by atoms with Crippen LogP contribution in [0.4, 0.5) is 8.78 Å². The molecule has 1 aromatic rings. The molecule has 0 saturated heterocycles. The van der Waals surface area contributed by atoms with Crippen LogP contribution in [0.3, 0.4) is 0 Å². The van der Waals surface area contributed by atoms with E-state index in [2.05, 4.69) is 0 Å². The van der Waals surface area contributed by atoms with Crippen molar-refractivity contribution in [3.05, 3.63) is 23.8 Å². The van der Waals surface area contributed by atoms with Gasteiger partial charge in [-0.1, -0.05) is 19.1 Å². The Morgan fingerprint density at radius 1 is 1.33 bits per heavy atom. The molecule has 0 amide bonds. The lowest BCUT2D eigenvalue weighted by atomic mass is 9.96. The molecule has 0 nitrogen and oxygen atoms in total. The van der Waals surface area contributed by atoms with Gasteiger partial charge in [0.05, 0.1) is 4.90 Å². The van der Waals surface area contributed by atoms with E-state index in [4.69, 9.17) is 0 Å². The van der Waals surface area contributed by atoms with Gasteiger partial charge in [-0.25, -0.2) is 14.2 Å². The molecule has 0 aliphatic heterocycles. The fourth-order valence-electron chi connectivity index (χ4n) is 0.715. The molecule has 0 fully saturated rings. The summed E-state index contributed by atoms with van der Waals surface area (Å²) >= 11 is 1.21. The van der Waals surface area contributed by atoms with Gasteiger partial charge < -0.3 is 0 Å². The Balaban J connectivity index is 3.10. The zero-order valence-electron chi connectivity index (χ0n) is 6.03. The molecule has 0 unspecified atom stereocenters. The van der Waals surface area contributed by atoms with E-state index in [0.717, 1.165) is 5.46 Å². The molecule has 0 aromatic heterocycles. The van der Waals surface area contributed by atoms with Crippen LogP contribution in [0.5, 0.6) is 0 Å². The minimum absolute atomic E-state index is 0.108. The van der Waals surface area contributed by atoms with Crippen molar-refractivity contribution < 1.29 is 8.78 Å². The second-order valence-corrected chi connectivity index (χ2v) is 3.19. The average Bonchev–Trinajstić information content (AvgIpc) is 1.96. The highest BCUT2D eigenvalue weighted by Gasteiger charge is 2.07. The van der Waals surface area contributed by atoms with Gasteiger partial charge in [0.2, 0.25) is 0 Å². The maximum atomic E-state index is 13.1. The molecule has 4 heteroatoms. The van der Waals surface area contributed by atoms with Gasteiger partial charge in [-0.15, -0.1) is 11.8 Å². The Morgan fingerprint density at radius 2 is 1.83 bits per heavy atom. The topological polar surface area (TPSA) is 0 Å². The van der Waals surface area contributed by atoms with Crippen LogP contribution in [0.15, 0.2) is 17.0 Å². The molecule has 0 spiro atoms. The average molecular weight is 187 g/mol. The highest BCUT2D eigenvalue weighted by atomic mass is 32.2. The lowest BCUT2D eigenvalue weighted by molar-refractivity contribution is 0.542. The highest BCUT2D eigenvalue weighted by Crippen LogP contribution is 2.23. The van der Waals surface area contributed by atoms with Crippen LogP contribution in [0.2, 0.25) is 0 Å². The molecule has 0 N–H and O–H groups in total. The summed E-state index contributed by atoms with van der Waals surface area (Å²) in [6, 6.07) is 2.92. The van der Waals surface area contributed by atoms with Crippen molar-refractivity contribution >= 4 is 25.1 Å². The van der Waals surface area contributed by atoms with Crippen LogP contribution >= 0.6 is 11.8 Å². The molecular weight excluding hydrogens is 177 g/mol. The van der Waals surface area contributed by atoms with Gasteiger partial charge in [-0.05, 0) is 13.6 Å². The van der Waals surface area contributed by atoms with Gasteiger partial charge in [-0.3, -0.25) is 0 Å². The van der Waals surface area contributed by atoms with Crippen molar-refractivity contribution in [3.63, 3.8) is 0 Å². The van der Waals surface area contributed by atoms with Crippen LogP contribution in [0.25, 0.3) is 0 Å². The SMILES string of the molecule is [BH3-]c1cc(F)c(SCC)c(F)c1. The Bertz CT molecular complexity index is 265. The third-order valence-electron chi connectivity index (χ3n) is 1.14. The molecule has 66 valence electrons. The Hall–Kier alpha value is -0.505. The fourth-order valence-corrected chi connectivity index (χ4v) is 1.40. The Labute approximate surface area is 75.8 Å². The van der Waals surface area contributed by atoms with E-state index < -0.39 is 11.6 Å². The smallest absolute Gasteiger partial charge is 0.136 e. The molecule has 12 heavy (non-hydrogen) atoms. The summed E-state index contributed by atoms with van der Waals surface area (Å²) < 4.78 is 26.2. The molecular formula is C8H10BF2S-. The van der Waals surface area contributed by atoms with Crippen molar-refractivity contribution in [2.75, 3.05) is 5.75 Å². The Morgan fingerprint density at radius 3 is 2.25 bits per heavy atom. The molecule has 1 aromatic carbocycles. The van der Waals surface area contributed by atoms with E-state index in [1.807, 2.05) is 6.92 Å². The third-order valence-corrected chi connectivity index (χ3v) is 2.11. The Kier molecular flexibility index (Phi) is 3.15. The zero-order chi connectivity index (χ0) is 9.14. The van der Waals surface area contributed by atoms with Crippen LogP contribution in [-0.2, 0) is 0 Å². The number of hydrogen-bond acceptors (Lipinski definition) is 1. The molecule has 0 aliphatic carbocycles. The van der Waals surface area contributed by atoms with E-state index in [1.54, 1.807) is 0 Å². The second-order valence-electron chi connectivity index (χ2n) is 1.91. The first kappa shape index (κ1) is 9.58. The number of benzene rings is 1. The monoisotopic (exact) mass is 187 g/mol. The summed E-state index contributed by atoms with van der Waals surface area (Å²) in [5, 5.41) is 0. The van der Waals surface area contributed by atoms with E-state index in [-0.39, 0.29) is 12.7 Å². The van der Waals surface area contributed by atoms with Crippen LogP contribution in [-0.4, -0.2) is 13.6 Å². The first-order valence-electron chi connectivity index (χ1n) is 3.23. The lowest BCUT2D eigenvalue weighted by Gasteiger charge is -2.05. The summed E-state index contributed by atoms with van der Waals surface area (Å²) in [6.07, 6.45) is 0. The number of thioether (sulfide) groups is 1. The zero-order valence-corrected chi connectivity index (χ0v) is 6.84. The molecule has 0 radical (unpaired) electrons. The minimum atomic E-state index is -0.396. The molecule has 0 aliphatic rings. The molecule has 0 bridgehead atoms. The van der Waals surface area contributed by atoms with E-state index in [9.17, 15) is 8.78 Å². The predicted molar refractivity (Wildman–Crippen MR) is 52.3 cm³/mol. The number of halogens is 2. The number of rotatable bonds is 2. The van der Waals surface area contributed by atoms with Crippen LogP contribution < -0.4 is 5.46 Å². The first-order valence-corrected chi connectivity index (χ1v) is 4.22. The molecule has 0 heterocycles. The summed E-state index contributed by atoms with van der Waals surface area (Å²) in [6.45, 7) is 1.88.